The van der Waals surface area contributed by atoms with Gasteiger partial charge in [-0.25, -0.2) is 0 Å². The van der Waals surface area contributed by atoms with E-state index in [-0.39, 0.29) is 30.4 Å². The van der Waals surface area contributed by atoms with Crippen LogP contribution in [0.3, 0.4) is 0 Å². The average molecular weight is 357 g/mol. The largest absolute Gasteiger partial charge is 0.375 e. The SMILES string of the molecule is COCC(=O)N1CCC(C(=O)N[C@H](C)Cn2ccc3ccccc32)CC1. The number of hydrogen-bond acceptors (Lipinski definition) is 3. The van der Waals surface area contributed by atoms with E-state index in [4.69, 9.17) is 4.74 Å². The van der Waals surface area contributed by atoms with Crippen molar-refractivity contribution in [1.29, 1.82) is 0 Å². The number of carbonyl (C=O) groups is 2. The highest BCUT2D eigenvalue weighted by atomic mass is 16.5. The molecule has 1 atom stereocenters. The highest BCUT2D eigenvalue weighted by molar-refractivity contribution is 5.81. The van der Waals surface area contributed by atoms with E-state index in [1.807, 2.05) is 19.1 Å². The van der Waals surface area contributed by atoms with Crippen molar-refractivity contribution in [2.75, 3.05) is 26.8 Å². The summed E-state index contributed by atoms with van der Waals surface area (Å²) in [5, 5.41) is 4.34. The molecule has 1 fully saturated rings. The first-order chi connectivity index (χ1) is 12.6. The standard InChI is InChI=1S/C20H27N3O3/c1-15(13-23-12-7-16-5-3-4-6-18(16)23)21-20(25)17-8-10-22(11-9-17)19(24)14-26-2/h3-7,12,15,17H,8-11,13-14H2,1-2H3,(H,21,25)/t15-/m1/s1. The molecule has 1 aromatic carbocycles. The van der Waals surface area contributed by atoms with Gasteiger partial charge in [-0.15, -0.1) is 0 Å². The minimum absolute atomic E-state index is 0.000730. The molecule has 1 saturated heterocycles. The molecule has 0 radical (unpaired) electrons. The molecule has 0 saturated carbocycles. The fourth-order valence-corrected chi connectivity index (χ4v) is 3.61. The Labute approximate surface area is 154 Å². The molecule has 1 aliphatic rings. The van der Waals surface area contributed by atoms with Gasteiger partial charge in [0.25, 0.3) is 0 Å². The number of aromatic nitrogens is 1. The van der Waals surface area contributed by atoms with Crippen LogP contribution in [0.15, 0.2) is 36.5 Å². The second-order valence-corrected chi connectivity index (χ2v) is 7.02. The molecule has 0 aliphatic carbocycles. The quantitative estimate of drug-likeness (QED) is 0.860. The maximum atomic E-state index is 12.6. The Balaban J connectivity index is 1.50. The molecule has 2 amide bonds. The molecular formula is C20H27N3O3. The number of likely N-dealkylation sites (tertiary alicyclic amines) is 1. The van der Waals surface area contributed by atoms with Crippen LogP contribution < -0.4 is 5.32 Å². The lowest BCUT2D eigenvalue weighted by Crippen LogP contribution is -2.46. The molecule has 1 N–H and O–H groups in total. The summed E-state index contributed by atoms with van der Waals surface area (Å²) in [5.74, 6) is 0.0671. The maximum Gasteiger partial charge on any atom is 0.248 e. The van der Waals surface area contributed by atoms with Crippen molar-refractivity contribution in [3.05, 3.63) is 36.5 Å². The van der Waals surface area contributed by atoms with Crippen molar-refractivity contribution >= 4 is 22.7 Å². The molecule has 1 aliphatic heterocycles. The molecule has 6 nitrogen and oxygen atoms in total. The number of piperidine rings is 1. The van der Waals surface area contributed by atoms with Crippen molar-refractivity contribution in [3.63, 3.8) is 0 Å². The molecule has 26 heavy (non-hydrogen) atoms. The predicted molar refractivity (Wildman–Crippen MR) is 101 cm³/mol. The summed E-state index contributed by atoms with van der Waals surface area (Å²) < 4.78 is 7.06. The van der Waals surface area contributed by atoms with Gasteiger partial charge < -0.3 is 19.5 Å². The highest BCUT2D eigenvalue weighted by Gasteiger charge is 2.27. The minimum Gasteiger partial charge on any atom is -0.375 e. The lowest BCUT2D eigenvalue weighted by Gasteiger charge is -2.31. The summed E-state index contributed by atoms with van der Waals surface area (Å²) in [7, 11) is 1.52. The minimum atomic E-state index is -0.0227. The van der Waals surface area contributed by atoms with E-state index in [9.17, 15) is 9.59 Å². The van der Waals surface area contributed by atoms with E-state index in [0.29, 0.717) is 25.9 Å². The summed E-state index contributed by atoms with van der Waals surface area (Å²) in [6.45, 7) is 4.13. The van der Waals surface area contributed by atoms with E-state index in [1.165, 1.54) is 18.0 Å². The second-order valence-electron chi connectivity index (χ2n) is 7.02. The maximum absolute atomic E-state index is 12.6. The Morgan fingerprint density at radius 2 is 1.96 bits per heavy atom. The monoisotopic (exact) mass is 357 g/mol. The number of carbonyl (C=O) groups excluding carboxylic acids is 2. The average Bonchev–Trinajstić information content (AvgIpc) is 3.05. The van der Waals surface area contributed by atoms with Gasteiger partial charge in [-0.05, 0) is 37.3 Å². The smallest absolute Gasteiger partial charge is 0.248 e. The summed E-state index contributed by atoms with van der Waals surface area (Å²) in [4.78, 5) is 26.2. The highest BCUT2D eigenvalue weighted by Crippen LogP contribution is 2.19. The van der Waals surface area contributed by atoms with Gasteiger partial charge in [-0.1, -0.05) is 18.2 Å². The van der Waals surface area contributed by atoms with Crippen LogP contribution in [-0.2, 0) is 20.9 Å². The molecule has 6 heteroatoms. The number of amides is 2. The summed E-state index contributed by atoms with van der Waals surface area (Å²) in [6.07, 6.45) is 3.48. The van der Waals surface area contributed by atoms with Crippen molar-refractivity contribution < 1.29 is 14.3 Å². The summed E-state index contributed by atoms with van der Waals surface area (Å²) in [5.41, 5.74) is 1.18. The van der Waals surface area contributed by atoms with Gasteiger partial charge in [-0.2, -0.15) is 0 Å². The topological polar surface area (TPSA) is 63.6 Å². The third-order valence-electron chi connectivity index (χ3n) is 5.03. The van der Waals surface area contributed by atoms with Crippen molar-refractivity contribution in [2.45, 2.75) is 32.4 Å². The summed E-state index contributed by atoms with van der Waals surface area (Å²) >= 11 is 0. The number of ether oxygens (including phenoxy) is 1. The fourth-order valence-electron chi connectivity index (χ4n) is 3.61. The molecule has 140 valence electrons. The van der Waals surface area contributed by atoms with E-state index >= 15 is 0 Å². The van der Waals surface area contributed by atoms with E-state index in [0.717, 1.165) is 6.54 Å². The number of fused-ring (bicyclic) bond motifs is 1. The second kappa shape index (κ2) is 8.36. The molecule has 1 aromatic heterocycles. The van der Waals surface area contributed by atoms with Crippen LogP contribution in [0.1, 0.15) is 19.8 Å². The van der Waals surface area contributed by atoms with E-state index in [2.05, 4.69) is 34.3 Å². The number of nitrogens with zero attached hydrogens (tertiary/aromatic N) is 2. The van der Waals surface area contributed by atoms with Gasteiger partial charge >= 0.3 is 0 Å². The lowest BCUT2D eigenvalue weighted by atomic mass is 9.95. The molecule has 0 bridgehead atoms. The Morgan fingerprint density at radius 3 is 2.69 bits per heavy atom. The van der Waals surface area contributed by atoms with Gasteiger partial charge in [-0.3, -0.25) is 9.59 Å². The van der Waals surface area contributed by atoms with Crippen molar-refractivity contribution in [2.24, 2.45) is 5.92 Å². The molecule has 2 heterocycles. The first-order valence-electron chi connectivity index (χ1n) is 9.19. The number of rotatable bonds is 6. The Hall–Kier alpha value is -2.34. The Morgan fingerprint density at radius 1 is 1.23 bits per heavy atom. The lowest BCUT2D eigenvalue weighted by molar-refractivity contribution is -0.138. The molecule has 2 aromatic rings. The van der Waals surface area contributed by atoms with Crippen LogP contribution >= 0.6 is 0 Å². The first kappa shape index (κ1) is 18.5. The Kier molecular flexibility index (Phi) is 5.93. The van der Waals surface area contributed by atoms with E-state index in [1.54, 1.807) is 4.90 Å². The van der Waals surface area contributed by atoms with Gasteiger partial charge in [0.1, 0.15) is 6.61 Å². The van der Waals surface area contributed by atoms with E-state index < -0.39 is 0 Å². The number of methoxy groups -OCH3 is 1. The number of hydrogen-bond donors (Lipinski definition) is 1. The van der Waals surface area contributed by atoms with Gasteiger partial charge in [0.15, 0.2) is 0 Å². The molecule has 0 spiro atoms. The third-order valence-corrected chi connectivity index (χ3v) is 5.03. The molecule has 3 rings (SSSR count). The normalized spacial score (nSPS) is 16.6. The summed E-state index contributed by atoms with van der Waals surface area (Å²) in [6, 6.07) is 10.4. The Bertz CT molecular complexity index is 763. The van der Waals surface area contributed by atoms with Crippen LogP contribution in [0.4, 0.5) is 0 Å². The third kappa shape index (κ3) is 4.25. The zero-order chi connectivity index (χ0) is 18.5. The molecule has 0 unspecified atom stereocenters. The van der Waals surface area contributed by atoms with Crippen molar-refractivity contribution in [1.82, 2.24) is 14.8 Å². The van der Waals surface area contributed by atoms with Crippen LogP contribution in [0, 0.1) is 5.92 Å². The first-order valence-corrected chi connectivity index (χ1v) is 9.19. The zero-order valence-corrected chi connectivity index (χ0v) is 15.5. The van der Waals surface area contributed by atoms with Crippen LogP contribution in [0.5, 0.6) is 0 Å². The number of nitrogens with one attached hydrogen (secondary N) is 1. The van der Waals surface area contributed by atoms with Gasteiger partial charge in [0.2, 0.25) is 11.8 Å². The van der Waals surface area contributed by atoms with Gasteiger partial charge in [0, 0.05) is 50.4 Å². The predicted octanol–water partition coefficient (Wildman–Crippen LogP) is 2.03. The van der Waals surface area contributed by atoms with Crippen molar-refractivity contribution in [3.8, 4) is 0 Å². The fraction of sp³-hybridized carbons (Fsp3) is 0.500. The molecular weight excluding hydrogens is 330 g/mol. The van der Waals surface area contributed by atoms with Crippen LogP contribution in [0.25, 0.3) is 10.9 Å². The zero-order valence-electron chi connectivity index (χ0n) is 15.5. The van der Waals surface area contributed by atoms with Crippen LogP contribution in [-0.4, -0.2) is 54.1 Å². The number of benzene rings is 1. The number of para-hydroxylation sites is 1. The van der Waals surface area contributed by atoms with Crippen LogP contribution in [0.2, 0.25) is 0 Å². The van der Waals surface area contributed by atoms with Gasteiger partial charge in [0.05, 0.1) is 0 Å².